The predicted octanol–water partition coefficient (Wildman–Crippen LogP) is 1.88. The Bertz CT molecular complexity index is 234. The summed E-state index contributed by atoms with van der Waals surface area (Å²) in [6.07, 6.45) is 5.21. The Kier molecular flexibility index (Phi) is 5.06. The van der Waals surface area contributed by atoms with E-state index in [1.165, 1.54) is 25.7 Å². The van der Waals surface area contributed by atoms with E-state index in [-0.39, 0.29) is 5.92 Å². The number of rotatable bonds is 4. The fourth-order valence-electron chi connectivity index (χ4n) is 2.46. The number of hydrogen-bond donors (Lipinski definition) is 2. The molecule has 0 saturated heterocycles. The van der Waals surface area contributed by atoms with Gasteiger partial charge in [-0.15, -0.1) is 0 Å². The van der Waals surface area contributed by atoms with Crippen LogP contribution in [0.5, 0.6) is 0 Å². The lowest BCUT2D eigenvalue weighted by atomic mass is 9.86. The maximum absolute atomic E-state index is 8.61. The minimum absolute atomic E-state index is 0.120. The molecule has 1 rings (SSSR count). The van der Waals surface area contributed by atoms with Crippen molar-refractivity contribution in [3.05, 3.63) is 0 Å². The largest absolute Gasteiger partial charge is 0.409 e. The van der Waals surface area contributed by atoms with Gasteiger partial charge in [-0.1, -0.05) is 19.0 Å². The first-order valence-electron chi connectivity index (χ1n) is 6.22. The first-order chi connectivity index (χ1) is 7.54. The average molecular weight is 227 g/mol. The van der Waals surface area contributed by atoms with Gasteiger partial charge in [0.1, 0.15) is 5.84 Å². The van der Waals surface area contributed by atoms with Crippen LogP contribution in [0.3, 0.4) is 0 Å². The van der Waals surface area contributed by atoms with Crippen molar-refractivity contribution in [2.75, 3.05) is 13.6 Å². The minimum Gasteiger partial charge on any atom is -0.409 e. The van der Waals surface area contributed by atoms with Crippen LogP contribution in [-0.4, -0.2) is 35.6 Å². The van der Waals surface area contributed by atoms with Gasteiger partial charge in [0.05, 0.1) is 0 Å². The Hall–Kier alpha value is -0.770. The van der Waals surface area contributed by atoms with Gasteiger partial charge >= 0.3 is 0 Å². The SMILES string of the molecule is CC1CCC(N(C)CC(C)/C(N)=N/O)CC1. The summed E-state index contributed by atoms with van der Waals surface area (Å²) in [5, 5.41) is 11.7. The van der Waals surface area contributed by atoms with Crippen LogP contribution >= 0.6 is 0 Å². The highest BCUT2D eigenvalue weighted by Crippen LogP contribution is 2.26. The third-order valence-corrected chi connectivity index (χ3v) is 3.79. The molecular weight excluding hydrogens is 202 g/mol. The van der Waals surface area contributed by atoms with E-state index in [0.717, 1.165) is 12.5 Å². The van der Waals surface area contributed by atoms with Crippen LogP contribution in [0.4, 0.5) is 0 Å². The first-order valence-corrected chi connectivity index (χ1v) is 6.22. The summed E-state index contributed by atoms with van der Waals surface area (Å²) in [4.78, 5) is 2.36. The Morgan fingerprint density at radius 1 is 1.44 bits per heavy atom. The van der Waals surface area contributed by atoms with Crippen LogP contribution in [0.1, 0.15) is 39.5 Å². The molecule has 1 fully saturated rings. The monoisotopic (exact) mass is 227 g/mol. The highest BCUT2D eigenvalue weighted by atomic mass is 16.4. The predicted molar refractivity (Wildman–Crippen MR) is 66.6 cm³/mol. The van der Waals surface area contributed by atoms with Crippen molar-refractivity contribution in [3.8, 4) is 0 Å². The Labute approximate surface area is 98.5 Å². The Morgan fingerprint density at radius 3 is 2.50 bits per heavy atom. The molecule has 0 amide bonds. The zero-order valence-corrected chi connectivity index (χ0v) is 10.7. The summed E-state index contributed by atoms with van der Waals surface area (Å²) in [7, 11) is 2.14. The molecule has 0 radical (unpaired) electrons. The summed E-state index contributed by atoms with van der Waals surface area (Å²) in [6, 6.07) is 0.671. The summed E-state index contributed by atoms with van der Waals surface area (Å²) in [5.41, 5.74) is 5.59. The van der Waals surface area contributed by atoms with Gasteiger partial charge in [0, 0.05) is 18.5 Å². The van der Waals surface area contributed by atoms with Crippen LogP contribution in [0.2, 0.25) is 0 Å². The van der Waals surface area contributed by atoms with E-state index in [9.17, 15) is 0 Å². The van der Waals surface area contributed by atoms with E-state index in [4.69, 9.17) is 10.9 Å². The van der Waals surface area contributed by atoms with Gasteiger partial charge in [0.15, 0.2) is 0 Å². The molecule has 1 unspecified atom stereocenters. The molecule has 0 spiro atoms. The summed E-state index contributed by atoms with van der Waals surface area (Å²) >= 11 is 0. The normalized spacial score (nSPS) is 29.4. The molecule has 4 nitrogen and oxygen atoms in total. The van der Waals surface area contributed by atoms with Gasteiger partial charge in [-0.2, -0.15) is 0 Å². The van der Waals surface area contributed by atoms with Crippen molar-refractivity contribution in [1.29, 1.82) is 0 Å². The number of nitrogens with zero attached hydrogens (tertiary/aromatic N) is 2. The molecule has 16 heavy (non-hydrogen) atoms. The summed E-state index contributed by atoms with van der Waals surface area (Å²) in [6.45, 7) is 5.20. The molecule has 1 atom stereocenters. The Morgan fingerprint density at radius 2 is 2.00 bits per heavy atom. The van der Waals surface area contributed by atoms with Crippen molar-refractivity contribution in [1.82, 2.24) is 4.90 Å². The van der Waals surface area contributed by atoms with Gasteiger partial charge in [-0.3, -0.25) is 0 Å². The van der Waals surface area contributed by atoms with Gasteiger partial charge in [-0.05, 0) is 38.6 Å². The summed E-state index contributed by atoms with van der Waals surface area (Å²) < 4.78 is 0. The van der Waals surface area contributed by atoms with E-state index in [0.29, 0.717) is 11.9 Å². The van der Waals surface area contributed by atoms with Gasteiger partial charge in [-0.25, -0.2) is 0 Å². The molecule has 4 heteroatoms. The van der Waals surface area contributed by atoms with E-state index in [1.807, 2.05) is 6.92 Å². The second-order valence-corrected chi connectivity index (χ2v) is 5.28. The molecule has 1 aliphatic rings. The van der Waals surface area contributed by atoms with Crippen molar-refractivity contribution >= 4 is 5.84 Å². The van der Waals surface area contributed by atoms with Gasteiger partial charge in [0.2, 0.25) is 0 Å². The van der Waals surface area contributed by atoms with Crippen LogP contribution in [0, 0.1) is 11.8 Å². The molecule has 0 bridgehead atoms. The number of oxime groups is 1. The van der Waals surface area contributed by atoms with E-state index < -0.39 is 0 Å². The van der Waals surface area contributed by atoms with Crippen molar-refractivity contribution < 1.29 is 5.21 Å². The second kappa shape index (κ2) is 6.09. The van der Waals surface area contributed by atoms with Crippen LogP contribution in [0.25, 0.3) is 0 Å². The molecule has 3 N–H and O–H groups in total. The fraction of sp³-hybridized carbons (Fsp3) is 0.917. The molecule has 0 aromatic carbocycles. The lowest BCUT2D eigenvalue weighted by Gasteiger charge is -2.34. The lowest BCUT2D eigenvalue weighted by molar-refractivity contribution is 0.162. The van der Waals surface area contributed by atoms with Crippen LogP contribution < -0.4 is 5.73 Å². The second-order valence-electron chi connectivity index (χ2n) is 5.28. The quantitative estimate of drug-likeness (QED) is 0.333. The van der Waals surface area contributed by atoms with Crippen LogP contribution in [-0.2, 0) is 0 Å². The van der Waals surface area contributed by atoms with Crippen molar-refractivity contribution in [2.24, 2.45) is 22.7 Å². The average Bonchev–Trinajstić information content (AvgIpc) is 2.28. The fourth-order valence-corrected chi connectivity index (χ4v) is 2.46. The highest BCUT2D eigenvalue weighted by Gasteiger charge is 2.23. The molecular formula is C12H25N3O. The zero-order valence-electron chi connectivity index (χ0n) is 10.7. The highest BCUT2D eigenvalue weighted by molar-refractivity contribution is 5.82. The molecule has 0 heterocycles. The zero-order chi connectivity index (χ0) is 12.1. The molecule has 94 valence electrons. The third kappa shape index (κ3) is 3.67. The maximum Gasteiger partial charge on any atom is 0.143 e. The van der Waals surface area contributed by atoms with Gasteiger partial charge < -0.3 is 15.8 Å². The van der Waals surface area contributed by atoms with E-state index >= 15 is 0 Å². The molecule has 0 aliphatic heterocycles. The van der Waals surface area contributed by atoms with Crippen molar-refractivity contribution in [3.63, 3.8) is 0 Å². The maximum atomic E-state index is 8.61. The molecule has 0 aromatic heterocycles. The first kappa shape index (κ1) is 13.3. The van der Waals surface area contributed by atoms with Gasteiger partial charge in [0.25, 0.3) is 0 Å². The standard InChI is InChI=1S/C12H25N3O/c1-9-4-6-11(7-5-9)15(3)8-10(2)12(13)14-16/h9-11,16H,4-8H2,1-3H3,(H2,13,14). The number of hydrogen-bond acceptors (Lipinski definition) is 3. The van der Waals surface area contributed by atoms with E-state index in [1.54, 1.807) is 0 Å². The third-order valence-electron chi connectivity index (χ3n) is 3.79. The molecule has 1 saturated carbocycles. The van der Waals surface area contributed by atoms with E-state index in [2.05, 4.69) is 24.0 Å². The topological polar surface area (TPSA) is 61.8 Å². The molecule has 1 aliphatic carbocycles. The smallest absolute Gasteiger partial charge is 0.143 e. The van der Waals surface area contributed by atoms with Crippen molar-refractivity contribution in [2.45, 2.75) is 45.6 Å². The summed E-state index contributed by atoms with van der Waals surface area (Å²) in [5.74, 6) is 1.33. The number of nitrogens with two attached hydrogens (primary N) is 1. The minimum atomic E-state index is 0.120. The lowest BCUT2D eigenvalue weighted by Crippen LogP contribution is -2.40. The Balaban J connectivity index is 2.37. The van der Waals surface area contributed by atoms with Crippen LogP contribution in [0.15, 0.2) is 5.16 Å². The molecule has 0 aromatic rings. The number of amidine groups is 1.